The van der Waals surface area contributed by atoms with E-state index < -0.39 is 5.41 Å². The van der Waals surface area contributed by atoms with Crippen LogP contribution in [0.1, 0.15) is 46.2 Å². The van der Waals surface area contributed by atoms with Crippen molar-refractivity contribution < 1.29 is 0 Å². The SMILES string of the molecule is N#CC(C#N)=C1c2ccccc2C(c2ccc(-c3ccc4c(c3)c3ccccc3n4C3=CCCC=C3)cc2)(c2ccc(N(c3ccccc3)c3ccccc3)cc2)c2ccccc21. The molecule has 4 nitrogen and oxygen atoms in total. The number of nitriles is 2. The molecule has 8 aromatic carbocycles. The number of rotatable bonds is 7. The van der Waals surface area contributed by atoms with E-state index in [1.807, 2.05) is 24.3 Å². The van der Waals surface area contributed by atoms with Gasteiger partial charge in [0.15, 0.2) is 0 Å². The number of fused-ring (bicyclic) bond motifs is 5. The number of hydrogen-bond acceptors (Lipinski definition) is 3. The Morgan fingerprint density at radius 3 is 1.62 bits per heavy atom. The third-order valence-electron chi connectivity index (χ3n) is 12.8. The molecule has 0 aliphatic heterocycles. The average molecular weight is 805 g/mol. The van der Waals surface area contributed by atoms with Gasteiger partial charge < -0.3 is 9.47 Å². The van der Waals surface area contributed by atoms with Crippen LogP contribution in [0.15, 0.2) is 224 Å². The molecule has 0 radical (unpaired) electrons. The summed E-state index contributed by atoms with van der Waals surface area (Å²) in [6, 6.07) is 75.5. The smallest absolute Gasteiger partial charge is 0.138 e. The van der Waals surface area contributed by atoms with Crippen molar-refractivity contribution in [2.24, 2.45) is 0 Å². The second-order valence-electron chi connectivity index (χ2n) is 16.1. The number of para-hydroxylation sites is 3. The largest absolute Gasteiger partial charge is 0.311 e. The van der Waals surface area contributed by atoms with E-state index in [1.165, 1.54) is 27.5 Å². The molecular weight excluding hydrogens is 765 g/mol. The van der Waals surface area contributed by atoms with Crippen LogP contribution in [0.3, 0.4) is 0 Å². The van der Waals surface area contributed by atoms with Crippen LogP contribution in [0, 0.1) is 22.7 Å². The van der Waals surface area contributed by atoms with Crippen LogP contribution in [0.4, 0.5) is 17.1 Å². The summed E-state index contributed by atoms with van der Waals surface area (Å²) < 4.78 is 2.39. The van der Waals surface area contributed by atoms with Crippen molar-refractivity contribution in [1.82, 2.24) is 4.57 Å². The van der Waals surface area contributed by atoms with Crippen molar-refractivity contribution in [1.29, 1.82) is 10.5 Å². The molecule has 0 bridgehead atoms. The van der Waals surface area contributed by atoms with Crippen molar-refractivity contribution >= 4 is 50.1 Å². The summed E-state index contributed by atoms with van der Waals surface area (Å²) in [5, 5.41) is 23.2. The van der Waals surface area contributed by atoms with Gasteiger partial charge in [-0.1, -0.05) is 158 Å². The molecule has 1 heterocycles. The van der Waals surface area contributed by atoms with E-state index in [4.69, 9.17) is 0 Å². The molecule has 0 N–H and O–H groups in total. The maximum atomic E-state index is 10.4. The first-order valence-electron chi connectivity index (χ1n) is 21.5. The summed E-state index contributed by atoms with van der Waals surface area (Å²) in [5.74, 6) is 0. The van der Waals surface area contributed by atoms with E-state index in [0.29, 0.717) is 5.57 Å². The van der Waals surface area contributed by atoms with Crippen LogP contribution >= 0.6 is 0 Å². The molecule has 0 saturated carbocycles. The van der Waals surface area contributed by atoms with Gasteiger partial charge in [-0.15, -0.1) is 0 Å². The first-order valence-corrected chi connectivity index (χ1v) is 21.5. The third-order valence-corrected chi connectivity index (χ3v) is 12.8. The van der Waals surface area contributed by atoms with Crippen LogP contribution < -0.4 is 4.90 Å². The molecule has 0 spiro atoms. The second-order valence-corrected chi connectivity index (χ2v) is 16.1. The molecule has 4 heteroatoms. The Morgan fingerprint density at radius 1 is 0.492 bits per heavy atom. The fourth-order valence-electron chi connectivity index (χ4n) is 10.1. The lowest BCUT2D eigenvalue weighted by Gasteiger charge is -2.43. The molecule has 0 unspecified atom stereocenters. The Hall–Kier alpha value is -8.44. The normalized spacial score (nSPS) is 15.2. The molecule has 0 saturated heterocycles. The maximum absolute atomic E-state index is 10.4. The zero-order valence-electron chi connectivity index (χ0n) is 34.5. The highest BCUT2D eigenvalue weighted by Crippen LogP contribution is 2.55. The lowest BCUT2D eigenvalue weighted by atomic mass is 9.58. The van der Waals surface area contributed by atoms with E-state index in [-0.39, 0.29) is 5.57 Å². The van der Waals surface area contributed by atoms with Crippen LogP contribution in [-0.2, 0) is 5.41 Å². The van der Waals surface area contributed by atoms with Gasteiger partial charge in [-0.05, 0) is 118 Å². The summed E-state index contributed by atoms with van der Waals surface area (Å²) >= 11 is 0. The fraction of sp³-hybridized carbons (Fsp3) is 0.0508. The van der Waals surface area contributed by atoms with Gasteiger partial charge in [-0.3, -0.25) is 0 Å². The Morgan fingerprint density at radius 2 is 1.02 bits per heavy atom. The predicted octanol–water partition coefficient (Wildman–Crippen LogP) is 14.7. The minimum atomic E-state index is -0.799. The molecule has 296 valence electrons. The number of hydrogen-bond donors (Lipinski definition) is 0. The van der Waals surface area contributed by atoms with E-state index in [9.17, 15) is 10.5 Å². The number of benzene rings is 8. The lowest BCUT2D eigenvalue weighted by molar-refractivity contribution is 0.731. The summed E-state index contributed by atoms with van der Waals surface area (Å²) in [4.78, 5) is 2.28. The maximum Gasteiger partial charge on any atom is 0.138 e. The quantitative estimate of drug-likeness (QED) is 0.151. The standard InChI is InChI=1S/C59H40N4/c60-39-43(40-61)58-51-23-10-13-25-54(51)59(55-26-14-11-24-52(55)58,45-33-35-49(36-34-45)62(46-16-4-1-5-17-46)47-18-6-2-7-19-47)44-31-28-41(29-32-44)42-30-37-57-53(38-42)50-22-12-15-27-56(50)63(57)48-20-8-3-9-21-48/h1-2,4-8,10-38H,3,9H2. The van der Waals surface area contributed by atoms with E-state index in [1.54, 1.807) is 0 Å². The molecule has 2 aliphatic rings. The monoisotopic (exact) mass is 804 g/mol. The summed E-state index contributed by atoms with van der Waals surface area (Å²) in [6.07, 6.45) is 8.97. The molecule has 63 heavy (non-hydrogen) atoms. The van der Waals surface area contributed by atoms with Crippen LogP contribution in [0.2, 0.25) is 0 Å². The van der Waals surface area contributed by atoms with Gasteiger partial charge in [0.1, 0.15) is 17.7 Å². The summed E-state index contributed by atoms with van der Waals surface area (Å²) in [7, 11) is 0. The van der Waals surface area contributed by atoms with Crippen LogP contribution in [0.5, 0.6) is 0 Å². The first-order chi connectivity index (χ1) is 31.2. The molecule has 0 atom stereocenters. The molecule has 0 fully saturated rings. The first kappa shape index (κ1) is 37.6. The van der Waals surface area contributed by atoms with Crippen molar-refractivity contribution in [3.63, 3.8) is 0 Å². The van der Waals surface area contributed by atoms with Crippen LogP contribution in [-0.4, -0.2) is 4.57 Å². The van der Waals surface area contributed by atoms with Gasteiger partial charge in [-0.25, -0.2) is 0 Å². The zero-order chi connectivity index (χ0) is 42.3. The minimum absolute atomic E-state index is 0.100. The summed E-state index contributed by atoms with van der Waals surface area (Å²) in [5.41, 5.74) is 15.0. The molecule has 2 aliphatic carbocycles. The zero-order valence-corrected chi connectivity index (χ0v) is 34.5. The van der Waals surface area contributed by atoms with Gasteiger partial charge >= 0.3 is 0 Å². The Labute approximate surface area is 367 Å². The Kier molecular flexibility index (Phi) is 9.27. The number of allylic oxidation sites excluding steroid dienone is 5. The van der Waals surface area contributed by atoms with Crippen molar-refractivity contribution in [2.75, 3.05) is 4.90 Å². The van der Waals surface area contributed by atoms with Gasteiger partial charge in [0, 0.05) is 39.1 Å². The van der Waals surface area contributed by atoms with Crippen molar-refractivity contribution in [2.45, 2.75) is 18.3 Å². The average Bonchev–Trinajstić information content (AvgIpc) is 3.69. The fourth-order valence-corrected chi connectivity index (χ4v) is 10.1. The highest BCUT2D eigenvalue weighted by molar-refractivity contribution is 6.11. The van der Waals surface area contributed by atoms with E-state index >= 15 is 0 Å². The molecular formula is C59H40N4. The number of aromatic nitrogens is 1. The van der Waals surface area contributed by atoms with Crippen molar-refractivity contribution in [3.8, 4) is 23.3 Å². The highest BCUT2D eigenvalue weighted by Gasteiger charge is 2.45. The minimum Gasteiger partial charge on any atom is -0.311 e. The lowest BCUT2D eigenvalue weighted by Crippen LogP contribution is -2.36. The molecule has 9 aromatic rings. The predicted molar refractivity (Wildman–Crippen MR) is 258 cm³/mol. The number of anilines is 3. The van der Waals surface area contributed by atoms with E-state index in [0.717, 1.165) is 74.4 Å². The third kappa shape index (κ3) is 6.04. The summed E-state index contributed by atoms with van der Waals surface area (Å²) in [6.45, 7) is 0. The van der Waals surface area contributed by atoms with Crippen molar-refractivity contribution in [3.05, 3.63) is 257 Å². The molecule has 1 aromatic heterocycles. The second kappa shape index (κ2) is 15.5. The van der Waals surface area contributed by atoms with Gasteiger partial charge in [0.25, 0.3) is 0 Å². The van der Waals surface area contributed by atoms with E-state index in [2.05, 4.69) is 216 Å². The molecule has 0 amide bonds. The highest BCUT2D eigenvalue weighted by atomic mass is 15.1. The van der Waals surface area contributed by atoms with Gasteiger partial charge in [0.05, 0.1) is 16.4 Å². The number of nitrogens with zero attached hydrogens (tertiary/aromatic N) is 4. The van der Waals surface area contributed by atoms with Gasteiger partial charge in [0.2, 0.25) is 0 Å². The topological polar surface area (TPSA) is 55.8 Å². The Bertz CT molecular complexity index is 3290. The Balaban J connectivity index is 1.11. The molecule has 11 rings (SSSR count). The van der Waals surface area contributed by atoms with Crippen LogP contribution in [0.25, 0.3) is 44.2 Å². The van der Waals surface area contributed by atoms with Gasteiger partial charge in [-0.2, -0.15) is 10.5 Å².